The molecule has 0 fully saturated rings. The Kier molecular flexibility index (Phi) is 3.26. The zero-order chi connectivity index (χ0) is 15.0. The zero-order valence-electron chi connectivity index (χ0n) is 10.9. The molecule has 1 aliphatic rings. The summed E-state index contributed by atoms with van der Waals surface area (Å²) in [6.07, 6.45) is 1.47. The molecule has 0 saturated carbocycles. The predicted octanol–water partition coefficient (Wildman–Crippen LogP) is 0.610. The number of carboxylic acids is 1. The normalized spacial score (nSPS) is 19.1. The highest BCUT2D eigenvalue weighted by atomic mass is 32.2. The number of nitrogens with one attached hydrogen (secondary N) is 1. The lowest BCUT2D eigenvalue weighted by Gasteiger charge is -2.32. The summed E-state index contributed by atoms with van der Waals surface area (Å²) in [5, 5.41) is 15.3. The summed E-state index contributed by atoms with van der Waals surface area (Å²) in [6, 6.07) is 7.45. The standard InChI is InChI=1S/C13H13N3O4S/c17-13(18)11-7-9-3-1-2-4-10(9)8-16(11)21(19,20)12-5-6-14-15-12/h1-6,11H,7-8H2,(H,14,15)(H,17,18)/t11-/m0/s1. The highest BCUT2D eigenvalue weighted by Crippen LogP contribution is 2.28. The van der Waals surface area contributed by atoms with Gasteiger partial charge in [0.1, 0.15) is 6.04 Å². The van der Waals surface area contributed by atoms with Crippen molar-refractivity contribution < 1.29 is 18.3 Å². The van der Waals surface area contributed by atoms with Crippen molar-refractivity contribution in [1.82, 2.24) is 14.5 Å². The molecule has 0 bridgehead atoms. The predicted molar refractivity (Wildman–Crippen MR) is 72.9 cm³/mol. The quantitative estimate of drug-likeness (QED) is 0.864. The second-order valence-corrected chi connectivity index (χ2v) is 6.66. The van der Waals surface area contributed by atoms with E-state index < -0.39 is 22.0 Å². The van der Waals surface area contributed by atoms with E-state index >= 15 is 0 Å². The third-order valence-corrected chi connectivity index (χ3v) is 5.34. The maximum absolute atomic E-state index is 12.6. The van der Waals surface area contributed by atoms with Gasteiger partial charge in [-0.25, -0.2) is 8.42 Å². The zero-order valence-corrected chi connectivity index (χ0v) is 11.7. The van der Waals surface area contributed by atoms with Crippen LogP contribution in [0.15, 0.2) is 41.6 Å². The maximum Gasteiger partial charge on any atom is 0.322 e. The summed E-state index contributed by atoms with van der Waals surface area (Å²) in [5.41, 5.74) is 1.68. The Bertz CT molecular complexity index is 770. The molecule has 0 aliphatic carbocycles. The number of rotatable bonds is 3. The van der Waals surface area contributed by atoms with Gasteiger partial charge in [-0.05, 0) is 17.2 Å². The smallest absolute Gasteiger partial charge is 0.322 e. The number of nitrogens with zero attached hydrogens (tertiary/aromatic N) is 2. The van der Waals surface area contributed by atoms with Crippen molar-refractivity contribution in [1.29, 1.82) is 0 Å². The van der Waals surface area contributed by atoms with E-state index in [2.05, 4.69) is 10.2 Å². The van der Waals surface area contributed by atoms with E-state index in [1.807, 2.05) is 18.2 Å². The average Bonchev–Trinajstić information content (AvgIpc) is 3.00. The van der Waals surface area contributed by atoms with Crippen LogP contribution in [0.25, 0.3) is 0 Å². The first kappa shape index (κ1) is 13.8. The first-order valence-electron chi connectivity index (χ1n) is 6.31. The summed E-state index contributed by atoms with van der Waals surface area (Å²) in [4.78, 5) is 11.5. The van der Waals surface area contributed by atoms with Gasteiger partial charge >= 0.3 is 5.97 Å². The summed E-state index contributed by atoms with van der Waals surface area (Å²) < 4.78 is 26.1. The van der Waals surface area contributed by atoms with Crippen molar-refractivity contribution in [2.45, 2.75) is 24.0 Å². The Morgan fingerprint density at radius 3 is 2.62 bits per heavy atom. The van der Waals surface area contributed by atoms with E-state index in [-0.39, 0.29) is 18.0 Å². The van der Waals surface area contributed by atoms with E-state index in [1.165, 1.54) is 12.3 Å². The molecule has 0 saturated heterocycles. The fourth-order valence-corrected chi connectivity index (χ4v) is 3.94. The lowest BCUT2D eigenvalue weighted by atomic mass is 9.96. The first-order valence-corrected chi connectivity index (χ1v) is 7.75. The molecule has 1 aromatic heterocycles. The van der Waals surface area contributed by atoms with E-state index in [9.17, 15) is 18.3 Å². The summed E-state index contributed by atoms with van der Waals surface area (Å²) in [5.74, 6) is -1.16. The van der Waals surface area contributed by atoms with Crippen LogP contribution in [0.4, 0.5) is 0 Å². The number of carbonyl (C=O) groups is 1. The van der Waals surface area contributed by atoms with Crippen LogP contribution in [0.1, 0.15) is 11.1 Å². The molecule has 8 heteroatoms. The number of H-pyrrole nitrogens is 1. The Balaban J connectivity index is 2.06. The van der Waals surface area contributed by atoms with Crippen LogP contribution < -0.4 is 0 Å². The topological polar surface area (TPSA) is 103 Å². The van der Waals surface area contributed by atoms with Gasteiger partial charge in [0.15, 0.2) is 5.03 Å². The van der Waals surface area contributed by atoms with Crippen molar-refractivity contribution in [3.05, 3.63) is 47.7 Å². The SMILES string of the molecule is O=C(O)[C@@H]1Cc2ccccc2CN1S(=O)(=O)c1ccn[nH]1. The van der Waals surface area contributed by atoms with E-state index in [1.54, 1.807) is 6.07 Å². The number of aromatic amines is 1. The van der Waals surface area contributed by atoms with Crippen LogP contribution in [0.3, 0.4) is 0 Å². The first-order chi connectivity index (χ1) is 10.00. The molecule has 2 N–H and O–H groups in total. The number of aliphatic carboxylic acids is 1. The van der Waals surface area contributed by atoms with Gasteiger partial charge in [0.2, 0.25) is 0 Å². The van der Waals surface area contributed by atoms with E-state index in [4.69, 9.17) is 0 Å². The monoisotopic (exact) mass is 307 g/mol. The van der Waals surface area contributed by atoms with Crippen LogP contribution in [0.2, 0.25) is 0 Å². The largest absolute Gasteiger partial charge is 0.480 e. The van der Waals surface area contributed by atoms with Crippen LogP contribution in [-0.2, 0) is 27.8 Å². The molecular formula is C13H13N3O4S. The summed E-state index contributed by atoms with van der Waals surface area (Å²) in [7, 11) is -3.92. The fourth-order valence-electron chi connectivity index (χ4n) is 2.48. The molecule has 0 radical (unpaired) electrons. The van der Waals surface area contributed by atoms with Crippen molar-refractivity contribution in [2.75, 3.05) is 0 Å². The fraction of sp³-hybridized carbons (Fsp3) is 0.231. The number of benzene rings is 1. The summed E-state index contributed by atoms with van der Waals surface area (Å²) >= 11 is 0. The lowest BCUT2D eigenvalue weighted by Crippen LogP contribution is -2.48. The highest BCUT2D eigenvalue weighted by Gasteiger charge is 2.40. The van der Waals surface area contributed by atoms with Gasteiger partial charge in [-0.1, -0.05) is 24.3 Å². The van der Waals surface area contributed by atoms with Crippen molar-refractivity contribution in [3.63, 3.8) is 0 Å². The lowest BCUT2D eigenvalue weighted by molar-refractivity contribution is -0.141. The number of carboxylic acid groups (broad SMARTS) is 1. The molecule has 110 valence electrons. The van der Waals surface area contributed by atoms with Crippen molar-refractivity contribution >= 4 is 16.0 Å². The number of hydrogen-bond acceptors (Lipinski definition) is 4. The van der Waals surface area contributed by atoms with Crippen molar-refractivity contribution in [2.24, 2.45) is 0 Å². The number of hydrogen-bond donors (Lipinski definition) is 2. The number of sulfonamides is 1. The van der Waals surface area contributed by atoms with Crippen LogP contribution in [0.5, 0.6) is 0 Å². The second-order valence-electron chi connectivity index (χ2n) is 4.80. The molecule has 1 aliphatic heterocycles. The maximum atomic E-state index is 12.6. The van der Waals surface area contributed by atoms with Gasteiger partial charge in [0.05, 0.1) is 6.20 Å². The van der Waals surface area contributed by atoms with Gasteiger partial charge in [0.25, 0.3) is 10.0 Å². The minimum Gasteiger partial charge on any atom is -0.480 e. The molecule has 7 nitrogen and oxygen atoms in total. The molecule has 2 aromatic rings. The highest BCUT2D eigenvalue weighted by molar-refractivity contribution is 7.89. The molecule has 0 unspecified atom stereocenters. The number of fused-ring (bicyclic) bond motifs is 1. The van der Waals surface area contributed by atoms with E-state index in [0.29, 0.717) is 0 Å². The minimum absolute atomic E-state index is 0.0362. The molecule has 1 atom stereocenters. The molecule has 2 heterocycles. The molecular weight excluding hydrogens is 294 g/mol. The second kappa shape index (κ2) is 4.97. The van der Waals surface area contributed by atoms with Crippen LogP contribution in [-0.4, -0.2) is 40.0 Å². The minimum atomic E-state index is -3.92. The Morgan fingerprint density at radius 2 is 2.00 bits per heavy atom. The van der Waals surface area contributed by atoms with Crippen molar-refractivity contribution in [3.8, 4) is 0 Å². The van der Waals surface area contributed by atoms with Gasteiger partial charge < -0.3 is 5.11 Å². The van der Waals surface area contributed by atoms with E-state index in [0.717, 1.165) is 15.4 Å². The summed E-state index contributed by atoms with van der Waals surface area (Å²) in [6.45, 7) is 0.0362. The Labute approximate surface area is 121 Å². The van der Waals surface area contributed by atoms with Gasteiger partial charge in [0, 0.05) is 13.0 Å². The van der Waals surface area contributed by atoms with Crippen LogP contribution in [0, 0.1) is 0 Å². The molecule has 0 spiro atoms. The molecule has 21 heavy (non-hydrogen) atoms. The third kappa shape index (κ3) is 2.32. The Morgan fingerprint density at radius 1 is 1.29 bits per heavy atom. The average molecular weight is 307 g/mol. The molecule has 0 amide bonds. The van der Waals surface area contributed by atoms with Gasteiger partial charge in [-0.15, -0.1) is 0 Å². The number of aromatic nitrogens is 2. The third-order valence-electron chi connectivity index (χ3n) is 3.55. The molecule has 3 rings (SSSR count). The van der Waals surface area contributed by atoms with Crippen LogP contribution >= 0.6 is 0 Å². The Hall–Kier alpha value is -2.19. The molecule has 1 aromatic carbocycles. The van der Waals surface area contributed by atoms with Gasteiger partial charge in [-0.3, -0.25) is 9.89 Å². The van der Waals surface area contributed by atoms with Gasteiger partial charge in [-0.2, -0.15) is 9.40 Å².